The second-order valence-electron chi connectivity index (χ2n) is 27.5. The van der Waals surface area contributed by atoms with Gasteiger partial charge in [-0.05, 0) is 162 Å². The van der Waals surface area contributed by atoms with Crippen molar-refractivity contribution in [3.05, 3.63) is 202 Å². The van der Waals surface area contributed by atoms with Crippen LogP contribution in [0.15, 0.2) is 158 Å². The molecule has 402 valence electrons. The van der Waals surface area contributed by atoms with E-state index in [1.807, 2.05) is 6.20 Å². The molecular formula is C73H84N4O. The molecule has 0 saturated heterocycles. The number of hydrogen-bond donors (Lipinski definition) is 0. The van der Waals surface area contributed by atoms with E-state index in [0.717, 1.165) is 39.6 Å². The van der Waals surface area contributed by atoms with Gasteiger partial charge >= 0.3 is 0 Å². The average Bonchev–Trinajstić information content (AvgIpc) is 4.16. The van der Waals surface area contributed by atoms with Gasteiger partial charge in [0.25, 0.3) is 0 Å². The second-order valence-corrected chi connectivity index (χ2v) is 27.5. The monoisotopic (exact) mass is 1030 g/mol. The number of hydrogen-bond acceptors (Lipinski definition) is 4. The zero-order chi connectivity index (χ0) is 56.0. The van der Waals surface area contributed by atoms with Gasteiger partial charge in [-0.2, -0.15) is 0 Å². The van der Waals surface area contributed by atoms with Crippen LogP contribution in [0, 0.1) is 0 Å². The number of rotatable bonds is 10. The number of aromatic nitrogens is 2. The van der Waals surface area contributed by atoms with Crippen molar-refractivity contribution in [1.29, 1.82) is 0 Å². The molecule has 2 aromatic heterocycles. The second kappa shape index (κ2) is 19.7. The van der Waals surface area contributed by atoms with Gasteiger partial charge in [0.05, 0.1) is 22.4 Å². The van der Waals surface area contributed by atoms with Gasteiger partial charge in [-0.25, -0.2) is 4.98 Å². The molecule has 5 nitrogen and oxygen atoms in total. The molecule has 0 radical (unpaired) electrons. The first-order valence-electron chi connectivity index (χ1n) is 28.5. The number of ether oxygens (including phenoxy) is 1. The van der Waals surface area contributed by atoms with Crippen molar-refractivity contribution < 1.29 is 4.74 Å². The normalized spacial score (nSPS) is 13.6. The predicted octanol–water partition coefficient (Wildman–Crippen LogP) is 20.6. The van der Waals surface area contributed by atoms with Gasteiger partial charge in [0, 0.05) is 45.9 Å². The lowest BCUT2D eigenvalue weighted by atomic mass is 9.75. The van der Waals surface area contributed by atoms with E-state index >= 15 is 0 Å². The number of anilines is 4. The highest BCUT2D eigenvalue weighted by molar-refractivity contribution is 6.10. The summed E-state index contributed by atoms with van der Waals surface area (Å²) in [4.78, 5) is 10.1. The van der Waals surface area contributed by atoms with E-state index in [-0.39, 0.29) is 27.1 Å². The van der Waals surface area contributed by atoms with Gasteiger partial charge in [-0.15, -0.1) is 0 Å². The van der Waals surface area contributed by atoms with Crippen LogP contribution in [0.3, 0.4) is 0 Å². The lowest BCUT2D eigenvalue weighted by Crippen LogP contribution is -2.26. The van der Waals surface area contributed by atoms with Crippen LogP contribution in [-0.2, 0) is 27.1 Å². The molecule has 5 heteroatoms. The van der Waals surface area contributed by atoms with E-state index in [0.29, 0.717) is 18.5 Å². The lowest BCUT2D eigenvalue weighted by Gasteiger charge is -2.32. The van der Waals surface area contributed by atoms with Crippen LogP contribution in [0.25, 0.3) is 38.8 Å². The molecule has 1 aliphatic heterocycles. The topological polar surface area (TPSA) is 33.5 Å². The minimum absolute atomic E-state index is 0.0110. The Labute approximate surface area is 467 Å². The van der Waals surface area contributed by atoms with E-state index < -0.39 is 0 Å². The summed E-state index contributed by atoms with van der Waals surface area (Å²) in [5, 5.41) is 2.38. The van der Waals surface area contributed by atoms with Gasteiger partial charge in [-0.1, -0.05) is 191 Å². The maximum absolute atomic E-state index is 7.33. The van der Waals surface area contributed by atoms with Crippen molar-refractivity contribution in [3.8, 4) is 28.4 Å². The zero-order valence-corrected chi connectivity index (χ0v) is 50.1. The summed E-state index contributed by atoms with van der Waals surface area (Å²) in [6.45, 7) is 42.2. The Hall–Kier alpha value is -7.11. The first-order valence-corrected chi connectivity index (χ1v) is 28.5. The molecule has 78 heavy (non-hydrogen) atoms. The van der Waals surface area contributed by atoms with Crippen LogP contribution in [0.5, 0.6) is 11.5 Å². The average molecular weight is 1030 g/mol. The van der Waals surface area contributed by atoms with Gasteiger partial charge in [0.1, 0.15) is 24.0 Å². The molecule has 10 rings (SSSR count). The Bertz CT molecular complexity index is 3690. The molecule has 0 bridgehead atoms. The fraction of sp³-hybridized carbons (Fsp3) is 0.356. The molecule has 0 spiro atoms. The van der Waals surface area contributed by atoms with E-state index in [2.05, 4.69) is 291 Å². The van der Waals surface area contributed by atoms with Crippen LogP contribution in [0.4, 0.5) is 22.7 Å². The fourth-order valence-electron chi connectivity index (χ4n) is 11.5. The van der Waals surface area contributed by atoms with E-state index in [9.17, 15) is 0 Å². The molecule has 0 aliphatic carbocycles. The molecule has 0 amide bonds. The Morgan fingerprint density at radius 1 is 0.423 bits per heavy atom. The number of pyridine rings is 1. The van der Waals surface area contributed by atoms with Crippen LogP contribution in [-0.4, -0.2) is 16.2 Å². The summed E-state index contributed by atoms with van der Waals surface area (Å²) in [6, 6.07) is 57.2. The summed E-state index contributed by atoms with van der Waals surface area (Å²) >= 11 is 0. The van der Waals surface area contributed by atoms with Gasteiger partial charge in [0.15, 0.2) is 0 Å². The molecular weight excluding hydrogens is 949 g/mol. The quantitative estimate of drug-likeness (QED) is 0.137. The Morgan fingerprint density at radius 3 is 1.65 bits per heavy atom. The molecule has 0 unspecified atom stereocenters. The van der Waals surface area contributed by atoms with E-state index in [4.69, 9.17) is 9.72 Å². The summed E-state index contributed by atoms with van der Waals surface area (Å²) in [5.74, 6) is 3.07. The molecule has 0 saturated carbocycles. The standard InChI is InChI=1S/C73H84N4O/c1-46(2)59-25-22-26-60(47(3)4)68(59)48-35-55(43-58(36-48)78-57-29-30-61-62-40-50(69(5,6)7)27-31-63(62)77(65(61)44-57)67-42-52(33-34-74-67)71(11,12)13)75-45-76(66-41-51(70(8,9)10)28-32-64(66)75)56-38-53(72(14,15)16)37-54(39-56)73(17,18)49-23-20-19-21-24-49/h19-44,46-47H,45H2,1-18H3. The summed E-state index contributed by atoms with van der Waals surface area (Å²) in [6.07, 6.45) is 1.96. The molecule has 0 fully saturated rings. The minimum atomic E-state index is -0.231. The van der Waals surface area contributed by atoms with Crippen molar-refractivity contribution in [1.82, 2.24) is 9.55 Å². The Kier molecular flexibility index (Phi) is 13.7. The van der Waals surface area contributed by atoms with Crippen molar-refractivity contribution in [2.75, 3.05) is 16.5 Å². The third kappa shape index (κ3) is 10.3. The highest BCUT2D eigenvalue weighted by atomic mass is 16.5. The third-order valence-electron chi connectivity index (χ3n) is 16.6. The first-order chi connectivity index (χ1) is 36.6. The number of benzene rings is 7. The third-order valence-corrected chi connectivity index (χ3v) is 16.6. The highest BCUT2D eigenvalue weighted by Crippen LogP contribution is 2.50. The van der Waals surface area contributed by atoms with Crippen LogP contribution in [0.1, 0.15) is 181 Å². The lowest BCUT2D eigenvalue weighted by molar-refractivity contribution is 0.483. The molecule has 0 N–H and O–H groups in total. The van der Waals surface area contributed by atoms with Crippen molar-refractivity contribution in [2.45, 2.75) is 164 Å². The number of nitrogens with zero attached hydrogens (tertiary/aromatic N) is 4. The first kappa shape index (κ1) is 54.3. The fourth-order valence-corrected chi connectivity index (χ4v) is 11.5. The van der Waals surface area contributed by atoms with Crippen molar-refractivity contribution in [2.24, 2.45) is 0 Å². The minimum Gasteiger partial charge on any atom is -0.457 e. The van der Waals surface area contributed by atoms with Crippen LogP contribution < -0.4 is 14.5 Å². The largest absolute Gasteiger partial charge is 0.457 e. The molecule has 0 atom stereocenters. The van der Waals surface area contributed by atoms with Crippen LogP contribution >= 0.6 is 0 Å². The zero-order valence-electron chi connectivity index (χ0n) is 50.1. The molecule has 1 aliphatic rings. The maximum atomic E-state index is 7.33. The number of fused-ring (bicyclic) bond motifs is 4. The van der Waals surface area contributed by atoms with Crippen LogP contribution in [0.2, 0.25) is 0 Å². The molecule has 7 aromatic carbocycles. The summed E-state index contributed by atoms with van der Waals surface area (Å²) in [5.41, 5.74) is 19.3. The summed E-state index contributed by atoms with van der Waals surface area (Å²) < 4.78 is 9.66. The SMILES string of the molecule is CC(C)c1cccc(C(C)C)c1-c1cc(Oc2ccc3c4cc(C(C)(C)C)ccc4n(-c4cc(C(C)(C)C)ccn4)c3c2)cc(N2CN(c3cc(C(C)(C)C)cc(C(C)(C)c4ccccc4)c3)c3cc(C(C)(C)C)ccc32)c1. The van der Waals surface area contributed by atoms with Gasteiger partial charge < -0.3 is 14.5 Å². The Balaban J connectivity index is 1.18. The maximum Gasteiger partial charge on any atom is 0.137 e. The van der Waals surface area contributed by atoms with E-state index in [1.165, 1.54) is 77.9 Å². The van der Waals surface area contributed by atoms with E-state index in [1.54, 1.807) is 0 Å². The van der Waals surface area contributed by atoms with Crippen molar-refractivity contribution >= 4 is 44.6 Å². The van der Waals surface area contributed by atoms with Gasteiger partial charge in [0.2, 0.25) is 0 Å². The Morgan fingerprint density at radius 2 is 1.01 bits per heavy atom. The molecule has 9 aromatic rings. The molecule has 3 heterocycles. The predicted molar refractivity (Wildman–Crippen MR) is 334 cm³/mol. The summed E-state index contributed by atoms with van der Waals surface area (Å²) in [7, 11) is 0. The highest BCUT2D eigenvalue weighted by Gasteiger charge is 2.34. The van der Waals surface area contributed by atoms with Crippen molar-refractivity contribution in [3.63, 3.8) is 0 Å². The smallest absolute Gasteiger partial charge is 0.137 e. The van der Waals surface area contributed by atoms with Gasteiger partial charge in [-0.3, -0.25) is 4.57 Å².